The van der Waals surface area contributed by atoms with E-state index in [1.807, 2.05) is 13.8 Å². The molecule has 0 saturated heterocycles. The summed E-state index contributed by atoms with van der Waals surface area (Å²) in [6.45, 7) is 9.03. The predicted octanol–water partition coefficient (Wildman–Crippen LogP) is 1.34. The van der Waals surface area contributed by atoms with E-state index in [1.165, 1.54) is 16.7 Å². The lowest BCUT2D eigenvalue weighted by atomic mass is 10.1. The molecule has 0 aliphatic carbocycles. The molecular weight excluding hydrogens is 324 g/mol. The van der Waals surface area contributed by atoms with Crippen molar-refractivity contribution in [3.8, 4) is 0 Å². The van der Waals surface area contributed by atoms with E-state index in [1.54, 1.807) is 7.05 Å². The molecule has 0 amide bonds. The minimum absolute atomic E-state index is 0.434. The number of sulfonamides is 1. The quantitative estimate of drug-likeness (QED) is 0.510. The van der Waals surface area contributed by atoms with E-state index in [-0.39, 0.29) is 0 Å². The average molecular weight is 355 g/mol. The third-order valence-corrected chi connectivity index (χ3v) is 4.29. The normalized spacial score (nSPS) is 13.0. The number of nitrogens with zero attached hydrogens (tertiary/aromatic N) is 1. The van der Waals surface area contributed by atoms with Crippen molar-refractivity contribution < 1.29 is 8.42 Å². The van der Waals surface area contributed by atoms with Crippen LogP contribution in [0.25, 0.3) is 0 Å². The van der Waals surface area contributed by atoms with Crippen LogP contribution in [0.5, 0.6) is 0 Å². The Morgan fingerprint density at radius 2 is 1.71 bits per heavy atom. The van der Waals surface area contributed by atoms with Crippen LogP contribution in [0.15, 0.2) is 23.2 Å². The predicted molar refractivity (Wildman–Crippen MR) is 101 cm³/mol. The van der Waals surface area contributed by atoms with Crippen LogP contribution in [0.3, 0.4) is 0 Å². The molecule has 0 bridgehead atoms. The molecule has 0 aliphatic heterocycles. The fourth-order valence-electron chi connectivity index (χ4n) is 2.60. The van der Waals surface area contributed by atoms with Crippen molar-refractivity contribution >= 4 is 16.0 Å². The van der Waals surface area contributed by atoms with Gasteiger partial charge >= 0.3 is 0 Å². The van der Waals surface area contributed by atoms with Gasteiger partial charge in [-0.15, -0.1) is 0 Å². The molecule has 0 aliphatic rings. The van der Waals surface area contributed by atoms with Gasteiger partial charge in [-0.1, -0.05) is 29.3 Å². The van der Waals surface area contributed by atoms with Crippen LogP contribution in [0.1, 0.15) is 30.5 Å². The molecule has 24 heavy (non-hydrogen) atoms. The van der Waals surface area contributed by atoms with Gasteiger partial charge in [0.1, 0.15) is 0 Å². The molecule has 1 aromatic rings. The van der Waals surface area contributed by atoms with Crippen LogP contribution in [-0.4, -0.2) is 46.3 Å². The van der Waals surface area contributed by atoms with E-state index >= 15 is 0 Å². The van der Waals surface area contributed by atoms with Gasteiger partial charge in [-0.05, 0) is 39.7 Å². The maximum atomic E-state index is 11.4. The van der Waals surface area contributed by atoms with Gasteiger partial charge in [-0.25, -0.2) is 13.1 Å². The zero-order valence-electron chi connectivity index (χ0n) is 15.5. The van der Waals surface area contributed by atoms with Gasteiger partial charge in [0, 0.05) is 25.7 Å². The van der Waals surface area contributed by atoms with Gasteiger partial charge in [0.2, 0.25) is 10.0 Å². The molecular formula is C17H30N4O2S. The Hall–Kier alpha value is -1.60. The third kappa shape index (κ3) is 8.31. The highest BCUT2D eigenvalue weighted by Crippen LogP contribution is 2.09. The van der Waals surface area contributed by atoms with Crippen molar-refractivity contribution in [2.45, 2.75) is 39.7 Å². The molecule has 3 N–H and O–H groups in total. The molecule has 6 nitrogen and oxygen atoms in total. The van der Waals surface area contributed by atoms with Crippen LogP contribution < -0.4 is 15.4 Å². The SMILES string of the molecule is CN=C(NCCc1cc(C)cc(C)c1)NCC(C)(C)NS(C)(=O)=O. The highest BCUT2D eigenvalue weighted by Gasteiger charge is 2.22. The van der Waals surface area contributed by atoms with Gasteiger partial charge in [-0.3, -0.25) is 4.99 Å². The van der Waals surface area contributed by atoms with Crippen molar-refractivity contribution in [3.63, 3.8) is 0 Å². The maximum absolute atomic E-state index is 11.4. The molecule has 7 heteroatoms. The van der Waals surface area contributed by atoms with Crippen LogP contribution >= 0.6 is 0 Å². The Balaban J connectivity index is 2.48. The lowest BCUT2D eigenvalue weighted by Crippen LogP contribution is -2.53. The number of nitrogens with one attached hydrogen (secondary N) is 3. The molecule has 1 aromatic carbocycles. The summed E-state index contributed by atoms with van der Waals surface area (Å²) >= 11 is 0. The number of aliphatic imine (C=N–C) groups is 1. The number of hydrogen-bond donors (Lipinski definition) is 3. The van der Waals surface area contributed by atoms with E-state index in [2.05, 4.69) is 52.4 Å². The first-order valence-corrected chi connectivity index (χ1v) is 9.90. The fourth-order valence-corrected chi connectivity index (χ4v) is 3.68. The minimum atomic E-state index is -3.25. The number of benzene rings is 1. The van der Waals surface area contributed by atoms with Crippen LogP contribution in [0, 0.1) is 13.8 Å². The fraction of sp³-hybridized carbons (Fsp3) is 0.588. The van der Waals surface area contributed by atoms with Crippen LogP contribution in [0.4, 0.5) is 0 Å². The Morgan fingerprint density at radius 3 is 2.21 bits per heavy atom. The molecule has 0 atom stereocenters. The Bertz CT molecular complexity index is 662. The first kappa shape index (κ1) is 20.4. The molecule has 0 aromatic heterocycles. The summed E-state index contributed by atoms with van der Waals surface area (Å²) in [6.07, 6.45) is 2.06. The Kier molecular flexibility index (Phi) is 7.23. The van der Waals surface area contributed by atoms with Gasteiger partial charge in [-0.2, -0.15) is 0 Å². The van der Waals surface area contributed by atoms with E-state index in [0.29, 0.717) is 12.5 Å². The average Bonchev–Trinajstić information content (AvgIpc) is 2.38. The van der Waals surface area contributed by atoms with Crippen molar-refractivity contribution in [2.75, 3.05) is 26.4 Å². The second-order valence-electron chi connectivity index (χ2n) is 6.86. The van der Waals surface area contributed by atoms with Crippen LogP contribution in [-0.2, 0) is 16.4 Å². The van der Waals surface area contributed by atoms with Crippen molar-refractivity contribution in [2.24, 2.45) is 4.99 Å². The standard InChI is InChI=1S/C17H30N4O2S/c1-13-9-14(2)11-15(10-13)7-8-19-16(18-5)20-12-17(3,4)21-24(6,22)23/h9-11,21H,7-8,12H2,1-6H3,(H2,18,19,20). The van der Waals surface area contributed by atoms with Crippen molar-refractivity contribution in [3.05, 3.63) is 34.9 Å². The van der Waals surface area contributed by atoms with Crippen molar-refractivity contribution in [1.82, 2.24) is 15.4 Å². The Morgan fingerprint density at radius 1 is 1.12 bits per heavy atom. The topological polar surface area (TPSA) is 82.6 Å². The summed E-state index contributed by atoms with van der Waals surface area (Å²) in [5.41, 5.74) is 3.22. The summed E-state index contributed by atoms with van der Waals surface area (Å²) < 4.78 is 25.3. The number of rotatable bonds is 7. The van der Waals surface area contributed by atoms with Crippen molar-refractivity contribution in [1.29, 1.82) is 0 Å². The Labute approximate surface area is 146 Å². The monoisotopic (exact) mass is 354 g/mol. The number of hydrogen-bond acceptors (Lipinski definition) is 3. The molecule has 1 rings (SSSR count). The summed E-state index contributed by atoms with van der Waals surface area (Å²) in [7, 11) is -1.55. The van der Waals surface area contributed by atoms with E-state index in [4.69, 9.17) is 0 Å². The zero-order chi connectivity index (χ0) is 18.4. The van der Waals surface area contributed by atoms with Gasteiger partial charge in [0.25, 0.3) is 0 Å². The van der Waals surface area contributed by atoms with Gasteiger partial charge in [0.05, 0.1) is 6.26 Å². The maximum Gasteiger partial charge on any atom is 0.209 e. The summed E-state index contributed by atoms with van der Waals surface area (Å²) in [4.78, 5) is 4.17. The smallest absolute Gasteiger partial charge is 0.209 e. The zero-order valence-corrected chi connectivity index (χ0v) is 16.3. The second-order valence-corrected chi connectivity index (χ2v) is 8.61. The first-order chi connectivity index (χ1) is 11.0. The van der Waals surface area contributed by atoms with Crippen LogP contribution in [0.2, 0.25) is 0 Å². The number of guanidine groups is 1. The second kappa shape index (κ2) is 8.48. The van der Waals surface area contributed by atoms with E-state index in [0.717, 1.165) is 19.2 Å². The molecule has 136 valence electrons. The molecule has 0 spiro atoms. The molecule has 0 heterocycles. The number of aryl methyl sites for hydroxylation is 2. The largest absolute Gasteiger partial charge is 0.356 e. The molecule has 0 radical (unpaired) electrons. The van der Waals surface area contributed by atoms with E-state index < -0.39 is 15.6 Å². The molecule has 0 saturated carbocycles. The third-order valence-electron chi connectivity index (χ3n) is 3.37. The highest BCUT2D eigenvalue weighted by atomic mass is 32.2. The summed E-state index contributed by atoms with van der Waals surface area (Å²) in [5.74, 6) is 0.655. The van der Waals surface area contributed by atoms with Gasteiger partial charge in [0.15, 0.2) is 5.96 Å². The summed E-state index contributed by atoms with van der Waals surface area (Å²) in [5, 5.41) is 6.41. The summed E-state index contributed by atoms with van der Waals surface area (Å²) in [6, 6.07) is 6.53. The minimum Gasteiger partial charge on any atom is -0.356 e. The molecule has 0 fully saturated rings. The first-order valence-electron chi connectivity index (χ1n) is 8.01. The van der Waals surface area contributed by atoms with Gasteiger partial charge < -0.3 is 10.6 Å². The lowest BCUT2D eigenvalue weighted by molar-refractivity contribution is 0.446. The lowest BCUT2D eigenvalue weighted by Gasteiger charge is -2.26. The van der Waals surface area contributed by atoms with E-state index in [9.17, 15) is 8.42 Å². The highest BCUT2D eigenvalue weighted by molar-refractivity contribution is 7.88. The molecule has 0 unspecified atom stereocenters.